The first kappa shape index (κ1) is 17.1. The number of ether oxygens (including phenoxy) is 1. The molecule has 0 unspecified atom stereocenters. The van der Waals surface area contributed by atoms with Crippen molar-refractivity contribution in [2.24, 2.45) is 7.05 Å². The summed E-state index contributed by atoms with van der Waals surface area (Å²) in [5.41, 5.74) is 2.28. The monoisotopic (exact) mass is 381 g/mol. The van der Waals surface area contributed by atoms with Crippen molar-refractivity contribution in [2.75, 3.05) is 12.4 Å². The number of hydrogen-bond donors (Lipinski definition) is 1. The highest BCUT2D eigenvalue weighted by molar-refractivity contribution is 6.33. The molecule has 0 saturated heterocycles. The third-order valence-electron chi connectivity index (χ3n) is 4.25. The van der Waals surface area contributed by atoms with Crippen LogP contribution >= 0.6 is 11.6 Å². The number of rotatable bonds is 4. The van der Waals surface area contributed by atoms with E-state index in [4.69, 9.17) is 16.3 Å². The lowest BCUT2D eigenvalue weighted by atomic mass is 10.3. The summed E-state index contributed by atoms with van der Waals surface area (Å²) < 4.78 is 8.30. The third-order valence-corrected chi connectivity index (χ3v) is 4.61. The van der Waals surface area contributed by atoms with Crippen molar-refractivity contribution in [3.05, 3.63) is 70.1 Å². The summed E-state index contributed by atoms with van der Waals surface area (Å²) in [5, 5.41) is 7.36. The van der Waals surface area contributed by atoms with Gasteiger partial charge in [0.15, 0.2) is 0 Å². The molecule has 0 spiro atoms. The second-order valence-electron chi connectivity index (χ2n) is 5.87. The second kappa shape index (κ2) is 6.77. The molecule has 4 aromatic rings. The number of benzene rings is 2. The van der Waals surface area contributed by atoms with Crippen LogP contribution in [0, 0.1) is 0 Å². The standard InChI is InChI=1S/C19H16ClN5O2/c1-24-15-9-5-3-7-12(15)23-19(24)25-18(26)17(20)14(11-21-25)22-13-8-4-6-10-16(13)27-2/h3-11,22H,1-2H3. The Hall–Kier alpha value is -3.32. The van der Waals surface area contributed by atoms with Gasteiger partial charge in [0, 0.05) is 7.05 Å². The first-order chi connectivity index (χ1) is 13.1. The van der Waals surface area contributed by atoms with Gasteiger partial charge in [-0.05, 0) is 24.3 Å². The van der Waals surface area contributed by atoms with Crippen LogP contribution in [0.5, 0.6) is 5.75 Å². The number of aromatic nitrogens is 4. The molecule has 27 heavy (non-hydrogen) atoms. The van der Waals surface area contributed by atoms with Gasteiger partial charge in [0.05, 0.1) is 35.7 Å². The highest BCUT2D eigenvalue weighted by Crippen LogP contribution is 2.29. The Kier molecular flexibility index (Phi) is 4.29. The molecule has 2 aromatic carbocycles. The molecule has 0 saturated carbocycles. The Morgan fingerprint density at radius 3 is 2.59 bits per heavy atom. The van der Waals surface area contributed by atoms with Crippen molar-refractivity contribution in [1.82, 2.24) is 19.3 Å². The summed E-state index contributed by atoms with van der Waals surface area (Å²) in [6.45, 7) is 0. The zero-order chi connectivity index (χ0) is 19.0. The topological polar surface area (TPSA) is 74.0 Å². The number of anilines is 2. The van der Waals surface area contributed by atoms with Gasteiger partial charge in [-0.3, -0.25) is 4.79 Å². The van der Waals surface area contributed by atoms with E-state index in [1.54, 1.807) is 11.7 Å². The van der Waals surface area contributed by atoms with Gasteiger partial charge in [-0.2, -0.15) is 9.78 Å². The number of para-hydroxylation sites is 4. The Bertz CT molecular complexity index is 1200. The van der Waals surface area contributed by atoms with Crippen LogP contribution in [0.1, 0.15) is 0 Å². The number of nitrogens with zero attached hydrogens (tertiary/aromatic N) is 4. The first-order valence-electron chi connectivity index (χ1n) is 8.20. The number of imidazole rings is 1. The number of hydrogen-bond acceptors (Lipinski definition) is 5. The maximum Gasteiger partial charge on any atom is 0.295 e. The lowest BCUT2D eigenvalue weighted by Gasteiger charge is -2.12. The van der Waals surface area contributed by atoms with E-state index in [-0.39, 0.29) is 5.02 Å². The van der Waals surface area contributed by atoms with Crippen molar-refractivity contribution in [3.8, 4) is 11.7 Å². The van der Waals surface area contributed by atoms with E-state index in [0.29, 0.717) is 23.1 Å². The maximum atomic E-state index is 12.8. The summed E-state index contributed by atoms with van der Waals surface area (Å²) in [6, 6.07) is 15.0. The lowest BCUT2D eigenvalue weighted by molar-refractivity contribution is 0.417. The molecule has 8 heteroatoms. The van der Waals surface area contributed by atoms with Gasteiger partial charge in [0.2, 0.25) is 5.95 Å². The molecule has 0 aliphatic rings. The number of aryl methyl sites for hydroxylation is 1. The summed E-state index contributed by atoms with van der Waals surface area (Å²) in [4.78, 5) is 17.3. The Balaban J connectivity index is 1.78. The van der Waals surface area contributed by atoms with E-state index in [1.807, 2.05) is 55.6 Å². The molecule has 0 amide bonds. The van der Waals surface area contributed by atoms with Gasteiger partial charge in [-0.1, -0.05) is 35.9 Å². The van der Waals surface area contributed by atoms with E-state index in [1.165, 1.54) is 10.9 Å². The van der Waals surface area contributed by atoms with Crippen LogP contribution in [0.4, 0.5) is 11.4 Å². The summed E-state index contributed by atoms with van der Waals surface area (Å²) in [6.07, 6.45) is 1.50. The van der Waals surface area contributed by atoms with Crippen molar-refractivity contribution < 1.29 is 4.74 Å². The van der Waals surface area contributed by atoms with Crippen LogP contribution in [-0.4, -0.2) is 26.4 Å². The fraction of sp³-hybridized carbons (Fsp3) is 0.105. The SMILES string of the molecule is COc1ccccc1Nc1cnn(-c2nc3ccccc3n2C)c(=O)c1Cl. The summed E-state index contributed by atoms with van der Waals surface area (Å²) >= 11 is 6.33. The normalized spacial score (nSPS) is 10.9. The average Bonchev–Trinajstić information content (AvgIpc) is 3.03. The molecule has 4 rings (SSSR count). The third kappa shape index (κ3) is 2.92. The highest BCUT2D eigenvalue weighted by Gasteiger charge is 2.16. The van der Waals surface area contributed by atoms with Gasteiger partial charge in [0.1, 0.15) is 10.8 Å². The minimum atomic E-state index is -0.463. The molecule has 136 valence electrons. The van der Waals surface area contributed by atoms with E-state index in [9.17, 15) is 4.79 Å². The van der Waals surface area contributed by atoms with Gasteiger partial charge in [0.25, 0.3) is 5.56 Å². The van der Waals surface area contributed by atoms with E-state index in [2.05, 4.69) is 15.4 Å². The second-order valence-corrected chi connectivity index (χ2v) is 6.25. The number of halogens is 1. The quantitative estimate of drug-likeness (QED) is 0.585. The largest absolute Gasteiger partial charge is 0.495 e. The maximum absolute atomic E-state index is 12.8. The zero-order valence-electron chi connectivity index (χ0n) is 14.7. The first-order valence-corrected chi connectivity index (χ1v) is 8.57. The van der Waals surface area contributed by atoms with E-state index in [0.717, 1.165) is 11.0 Å². The van der Waals surface area contributed by atoms with Crippen LogP contribution in [0.15, 0.2) is 59.5 Å². The fourth-order valence-corrected chi connectivity index (χ4v) is 3.05. The molecule has 0 aliphatic heterocycles. The molecule has 2 heterocycles. The number of methoxy groups -OCH3 is 1. The van der Waals surface area contributed by atoms with E-state index >= 15 is 0 Å². The molecular weight excluding hydrogens is 366 g/mol. The summed E-state index contributed by atoms with van der Waals surface area (Å²) in [7, 11) is 3.40. The highest BCUT2D eigenvalue weighted by atomic mass is 35.5. The van der Waals surface area contributed by atoms with Crippen LogP contribution in [0.2, 0.25) is 5.02 Å². The van der Waals surface area contributed by atoms with Crippen molar-refractivity contribution in [1.29, 1.82) is 0 Å². The smallest absolute Gasteiger partial charge is 0.295 e. The molecule has 0 aliphatic carbocycles. The zero-order valence-corrected chi connectivity index (χ0v) is 15.4. The molecule has 0 fully saturated rings. The molecule has 0 bridgehead atoms. The molecule has 1 N–H and O–H groups in total. The average molecular weight is 382 g/mol. The number of fused-ring (bicyclic) bond motifs is 1. The molecule has 0 radical (unpaired) electrons. The Morgan fingerprint density at radius 1 is 1.07 bits per heavy atom. The van der Waals surface area contributed by atoms with Crippen molar-refractivity contribution >= 4 is 34.0 Å². The molecule has 2 aromatic heterocycles. The predicted octanol–water partition coefficient (Wildman–Crippen LogP) is 3.52. The van der Waals surface area contributed by atoms with Gasteiger partial charge >= 0.3 is 0 Å². The van der Waals surface area contributed by atoms with Crippen LogP contribution < -0.4 is 15.6 Å². The Labute approximate surface area is 159 Å². The minimum Gasteiger partial charge on any atom is -0.495 e. The predicted molar refractivity (Wildman–Crippen MR) is 105 cm³/mol. The Morgan fingerprint density at radius 2 is 1.81 bits per heavy atom. The van der Waals surface area contributed by atoms with Gasteiger partial charge < -0.3 is 14.6 Å². The molecule has 0 atom stereocenters. The minimum absolute atomic E-state index is 0.0166. The fourth-order valence-electron chi connectivity index (χ4n) is 2.88. The summed E-state index contributed by atoms with van der Waals surface area (Å²) in [5.74, 6) is 1.03. The van der Waals surface area contributed by atoms with Crippen LogP contribution in [-0.2, 0) is 7.05 Å². The van der Waals surface area contributed by atoms with Crippen LogP contribution in [0.3, 0.4) is 0 Å². The van der Waals surface area contributed by atoms with Crippen LogP contribution in [0.25, 0.3) is 17.0 Å². The van der Waals surface area contributed by atoms with Gasteiger partial charge in [-0.15, -0.1) is 0 Å². The van der Waals surface area contributed by atoms with E-state index < -0.39 is 5.56 Å². The lowest BCUT2D eigenvalue weighted by Crippen LogP contribution is -2.24. The van der Waals surface area contributed by atoms with Gasteiger partial charge in [-0.25, -0.2) is 4.98 Å². The molecular formula is C19H16ClN5O2. The van der Waals surface area contributed by atoms with Crippen molar-refractivity contribution in [3.63, 3.8) is 0 Å². The van der Waals surface area contributed by atoms with Crippen molar-refractivity contribution in [2.45, 2.75) is 0 Å². The number of nitrogens with one attached hydrogen (secondary N) is 1. The molecule has 7 nitrogen and oxygen atoms in total.